The average molecular weight is 439 g/mol. The number of rotatable bonds is 7. The zero-order valence-corrected chi connectivity index (χ0v) is 16.9. The number of hydrogen-bond donors (Lipinski definition) is 2. The first kappa shape index (κ1) is 22.1. The molecule has 12 heteroatoms. The van der Waals surface area contributed by atoms with Crippen LogP contribution >= 0.6 is 0 Å². The Labute approximate surface area is 180 Å². The molecule has 1 aromatic heterocycles. The fraction of sp³-hybridized carbons (Fsp3) is 0.150. The van der Waals surface area contributed by atoms with Gasteiger partial charge in [0, 0.05) is 42.9 Å². The maximum Gasteiger partial charge on any atom is 0.338 e. The Hall–Kier alpha value is -4.61. The van der Waals surface area contributed by atoms with Gasteiger partial charge in [-0.25, -0.2) is 4.79 Å². The van der Waals surface area contributed by atoms with Gasteiger partial charge in [0.15, 0.2) is 6.61 Å². The van der Waals surface area contributed by atoms with Crippen LogP contribution in [0.1, 0.15) is 30.1 Å². The van der Waals surface area contributed by atoms with Crippen LogP contribution in [0.4, 0.5) is 17.1 Å². The number of nitro groups is 1. The highest BCUT2D eigenvalue weighted by atomic mass is 16.6. The van der Waals surface area contributed by atoms with Crippen LogP contribution in [0.2, 0.25) is 0 Å². The fourth-order valence-corrected chi connectivity index (χ4v) is 2.66. The predicted molar refractivity (Wildman–Crippen MR) is 111 cm³/mol. The number of esters is 1. The van der Waals surface area contributed by atoms with E-state index in [0.29, 0.717) is 16.9 Å². The second-order valence-corrected chi connectivity index (χ2v) is 6.54. The quantitative estimate of drug-likeness (QED) is 0.319. The van der Waals surface area contributed by atoms with E-state index >= 15 is 0 Å². The van der Waals surface area contributed by atoms with Crippen LogP contribution in [0, 0.1) is 10.1 Å². The molecule has 0 saturated heterocycles. The number of nitro benzene ring substituents is 1. The van der Waals surface area contributed by atoms with Crippen LogP contribution in [0.25, 0.3) is 11.5 Å². The highest BCUT2D eigenvalue weighted by Gasteiger charge is 2.15. The first-order chi connectivity index (χ1) is 15.2. The molecule has 32 heavy (non-hydrogen) atoms. The van der Waals surface area contributed by atoms with Crippen molar-refractivity contribution < 1.29 is 28.5 Å². The van der Waals surface area contributed by atoms with Crippen molar-refractivity contribution in [1.82, 2.24) is 10.2 Å². The van der Waals surface area contributed by atoms with Crippen LogP contribution in [-0.4, -0.2) is 32.9 Å². The minimum absolute atomic E-state index is 0.00630. The van der Waals surface area contributed by atoms with Gasteiger partial charge in [0.25, 0.3) is 11.6 Å². The van der Waals surface area contributed by atoms with Crippen molar-refractivity contribution in [2.24, 2.45) is 0 Å². The molecule has 0 aliphatic rings. The van der Waals surface area contributed by atoms with Gasteiger partial charge >= 0.3 is 5.97 Å². The summed E-state index contributed by atoms with van der Waals surface area (Å²) in [5.74, 6) is -1.35. The van der Waals surface area contributed by atoms with Crippen LogP contribution < -0.4 is 10.6 Å². The number of amides is 2. The Bertz CT molecular complexity index is 1150. The number of nitrogens with zero attached hydrogens (tertiary/aromatic N) is 3. The Morgan fingerprint density at radius 2 is 1.59 bits per heavy atom. The number of anilines is 2. The van der Waals surface area contributed by atoms with Gasteiger partial charge < -0.3 is 19.8 Å². The van der Waals surface area contributed by atoms with E-state index in [1.54, 1.807) is 0 Å². The van der Waals surface area contributed by atoms with Crippen molar-refractivity contribution >= 4 is 34.8 Å². The Kier molecular flexibility index (Phi) is 6.53. The zero-order chi connectivity index (χ0) is 23.3. The third-order valence-corrected chi connectivity index (χ3v) is 3.93. The van der Waals surface area contributed by atoms with E-state index in [9.17, 15) is 24.5 Å². The molecule has 0 radical (unpaired) electrons. The topological polar surface area (TPSA) is 167 Å². The van der Waals surface area contributed by atoms with E-state index in [0.717, 1.165) is 0 Å². The van der Waals surface area contributed by atoms with E-state index in [1.165, 1.54) is 56.3 Å². The average Bonchev–Trinajstić information content (AvgIpc) is 3.20. The molecule has 0 aliphatic heterocycles. The van der Waals surface area contributed by atoms with Gasteiger partial charge in [-0.2, -0.15) is 0 Å². The predicted octanol–water partition coefficient (Wildman–Crippen LogP) is 2.92. The van der Waals surface area contributed by atoms with Crippen molar-refractivity contribution in [3.63, 3.8) is 0 Å². The third kappa shape index (κ3) is 5.72. The molecule has 2 aromatic carbocycles. The summed E-state index contributed by atoms with van der Waals surface area (Å²) in [6.45, 7) is 2.28. The number of aromatic nitrogens is 2. The Balaban J connectivity index is 1.70. The van der Waals surface area contributed by atoms with E-state index < -0.39 is 10.9 Å². The molecular formula is C20H17N5O7. The first-order valence-electron chi connectivity index (χ1n) is 9.16. The monoisotopic (exact) mass is 439 g/mol. The molecule has 0 spiro atoms. The molecular weight excluding hydrogens is 422 g/mol. The number of hydrogen-bond acceptors (Lipinski definition) is 9. The van der Waals surface area contributed by atoms with Crippen molar-refractivity contribution in [3.8, 4) is 11.5 Å². The molecule has 2 N–H and O–H groups in total. The highest BCUT2D eigenvalue weighted by Crippen LogP contribution is 2.23. The van der Waals surface area contributed by atoms with E-state index in [1.807, 2.05) is 0 Å². The summed E-state index contributed by atoms with van der Waals surface area (Å²) >= 11 is 0. The highest BCUT2D eigenvalue weighted by molar-refractivity contribution is 5.97. The van der Waals surface area contributed by atoms with Crippen molar-refractivity contribution in [3.05, 3.63) is 64.0 Å². The van der Waals surface area contributed by atoms with Gasteiger partial charge in [-0.05, 0) is 30.3 Å². The molecule has 0 unspecified atom stereocenters. The number of benzene rings is 2. The molecule has 0 atom stereocenters. The maximum absolute atomic E-state index is 12.5. The lowest BCUT2D eigenvalue weighted by atomic mass is 10.1. The Morgan fingerprint density at radius 3 is 2.12 bits per heavy atom. The largest absolute Gasteiger partial charge is 0.452 e. The van der Waals surface area contributed by atoms with Crippen molar-refractivity contribution in [2.75, 3.05) is 10.6 Å². The summed E-state index contributed by atoms with van der Waals surface area (Å²) in [4.78, 5) is 45.3. The van der Waals surface area contributed by atoms with Gasteiger partial charge in [-0.3, -0.25) is 19.7 Å². The smallest absolute Gasteiger partial charge is 0.338 e. The minimum atomic E-state index is -0.751. The summed E-state index contributed by atoms with van der Waals surface area (Å²) in [5, 5.41) is 23.4. The number of non-ortho nitro benzene ring substituents is 1. The molecule has 12 nitrogen and oxygen atoms in total. The number of ether oxygens (including phenoxy) is 1. The molecule has 0 fully saturated rings. The Morgan fingerprint density at radius 1 is 1.00 bits per heavy atom. The summed E-state index contributed by atoms with van der Waals surface area (Å²) < 4.78 is 10.6. The maximum atomic E-state index is 12.5. The number of carbonyl (C=O) groups is 3. The van der Waals surface area contributed by atoms with Gasteiger partial charge in [0.2, 0.25) is 17.7 Å². The standard InChI is InChI=1S/C20H17N5O7/c1-11(26)21-15-7-14(8-16(9-15)22-12(2)27)20(28)31-10-18-23-24-19(32-18)13-3-5-17(6-4-13)25(29)30/h3-9H,10H2,1-2H3,(H,21,26)(H,22,27). The second-order valence-electron chi connectivity index (χ2n) is 6.54. The molecule has 2 amide bonds. The first-order valence-corrected chi connectivity index (χ1v) is 9.16. The SMILES string of the molecule is CC(=O)Nc1cc(NC(C)=O)cc(C(=O)OCc2nnc(-c3ccc([N+](=O)[O-])cc3)o2)c1. The summed E-state index contributed by atoms with van der Waals surface area (Å²) in [5.41, 5.74) is 1.06. The van der Waals surface area contributed by atoms with Gasteiger partial charge in [0.1, 0.15) is 0 Å². The molecule has 3 rings (SSSR count). The minimum Gasteiger partial charge on any atom is -0.452 e. The fourth-order valence-electron chi connectivity index (χ4n) is 2.66. The lowest BCUT2D eigenvalue weighted by Gasteiger charge is -2.10. The third-order valence-electron chi connectivity index (χ3n) is 3.93. The van der Waals surface area contributed by atoms with Crippen LogP contribution in [0.15, 0.2) is 46.9 Å². The molecule has 1 heterocycles. The van der Waals surface area contributed by atoms with E-state index in [2.05, 4.69) is 20.8 Å². The zero-order valence-electron chi connectivity index (χ0n) is 16.9. The van der Waals surface area contributed by atoms with Crippen LogP contribution in [0.3, 0.4) is 0 Å². The van der Waals surface area contributed by atoms with Gasteiger partial charge in [-0.1, -0.05) is 0 Å². The van der Waals surface area contributed by atoms with E-state index in [4.69, 9.17) is 9.15 Å². The number of carbonyl (C=O) groups excluding carboxylic acids is 3. The van der Waals surface area contributed by atoms with Gasteiger partial charge in [-0.15, -0.1) is 10.2 Å². The van der Waals surface area contributed by atoms with Gasteiger partial charge in [0.05, 0.1) is 10.5 Å². The lowest BCUT2D eigenvalue weighted by Crippen LogP contribution is -2.12. The second kappa shape index (κ2) is 9.47. The molecule has 164 valence electrons. The summed E-state index contributed by atoms with van der Waals surface area (Å²) in [7, 11) is 0. The number of nitrogens with one attached hydrogen (secondary N) is 2. The summed E-state index contributed by atoms with van der Waals surface area (Å²) in [6.07, 6.45) is 0. The molecule has 0 aliphatic carbocycles. The van der Waals surface area contributed by atoms with E-state index in [-0.39, 0.29) is 41.5 Å². The van der Waals surface area contributed by atoms with Crippen molar-refractivity contribution in [1.29, 1.82) is 0 Å². The summed E-state index contributed by atoms with van der Waals surface area (Å²) in [6, 6.07) is 9.79. The molecule has 0 saturated carbocycles. The van der Waals surface area contributed by atoms with Crippen molar-refractivity contribution in [2.45, 2.75) is 20.5 Å². The molecule has 0 bridgehead atoms. The van der Waals surface area contributed by atoms with Crippen LogP contribution in [0.5, 0.6) is 0 Å². The molecule has 3 aromatic rings. The lowest BCUT2D eigenvalue weighted by molar-refractivity contribution is -0.384. The van der Waals surface area contributed by atoms with Crippen LogP contribution in [-0.2, 0) is 20.9 Å². The normalized spacial score (nSPS) is 10.3.